The zero-order valence-electron chi connectivity index (χ0n) is 13.8. The molecule has 1 saturated carbocycles. The lowest BCUT2D eigenvalue weighted by Gasteiger charge is -2.42. The zero-order chi connectivity index (χ0) is 18.0. The molecular formula is C15H28O9. The van der Waals surface area contributed by atoms with Gasteiger partial charge in [0.15, 0.2) is 0 Å². The molecule has 6 N–H and O–H groups in total. The van der Waals surface area contributed by atoms with E-state index in [2.05, 4.69) is 0 Å². The van der Waals surface area contributed by atoms with Crippen molar-refractivity contribution in [3.8, 4) is 0 Å². The molecule has 1 aliphatic heterocycles. The molecule has 9 nitrogen and oxygen atoms in total. The van der Waals surface area contributed by atoms with Gasteiger partial charge >= 0.3 is 0 Å². The number of aliphatic hydroxyl groups excluding tert-OH is 6. The summed E-state index contributed by atoms with van der Waals surface area (Å²) in [5, 5.41) is 59.4. The third-order valence-electron chi connectivity index (χ3n) is 4.91. The zero-order valence-corrected chi connectivity index (χ0v) is 13.8. The van der Waals surface area contributed by atoms with Crippen LogP contribution in [0.25, 0.3) is 0 Å². The van der Waals surface area contributed by atoms with Gasteiger partial charge in [0.2, 0.25) is 0 Å². The van der Waals surface area contributed by atoms with Crippen molar-refractivity contribution in [1.82, 2.24) is 0 Å². The number of ether oxygens (including phenoxy) is 3. The Morgan fingerprint density at radius 1 is 0.833 bits per heavy atom. The Labute approximate surface area is 140 Å². The Kier molecular flexibility index (Phi) is 6.94. The molecule has 1 saturated heterocycles. The van der Waals surface area contributed by atoms with E-state index >= 15 is 0 Å². The molecular weight excluding hydrogens is 324 g/mol. The van der Waals surface area contributed by atoms with Crippen LogP contribution in [0.1, 0.15) is 13.3 Å². The summed E-state index contributed by atoms with van der Waals surface area (Å²) in [4.78, 5) is 0. The van der Waals surface area contributed by atoms with Gasteiger partial charge in [-0.3, -0.25) is 0 Å². The summed E-state index contributed by atoms with van der Waals surface area (Å²) in [7, 11) is 1.47. The first-order chi connectivity index (χ1) is 11.3. The molecule has 0 aromatic rings. The molecule has 2 fully saturated rings. The first-order valence-electron chi connectivity index (χ1n) is 8.12. The highest BCUT2D eigenvalue weighted by Gasteiger charge is 2.45. The predicted molar refractivity (Wildman–Crippen MR) is 80.1 cm³/mol. The molecule has 0 bridgehead atoms. The van der Waals surface area contributed by atoms with Gasteiger partial charge in [-0.2, -0.15) is 0 Å². The average molecular weight is 352 g/mol. The Hall–Kier alpha value is -0.360. The number of methoxy groups -OCH3 is 1. The minimum absolute atomic E-state index is 0.139. The first-order valence-corrected chi connectivity index (χ1v) is 8.12. The summed E-state index contributed by atoms with van der Waals surface area (Å²) < 4.78 is 16.0. The number of hydrogen-bond acceptors (Lipinski definition) is 9. The van der Waals surface area contributed by atoms with Crippen molar-refractivity contribution in [3.63, 3.8) is 0 Å². The van der Waals surface area contributed by atoms with Crippen LogP contribution >= 0.6 is 0 Å². The van der Waals surface area contributed by atoms with Gasteiger partial charge in [0.1, 0.15) is 36.6 Å². The molecule has 9 heteroatoms. The van der Waals surface area contributed by atoms with Gasteiger partial charge in [-0.1, -0.05) is 0 Å². The largest absolute Gasteiger partial charge is 0.390 e. The van der Waals surface area contributed by atoms with Crippen molar-refractivity contribution in [2.45, 2.75) is 68.3 Å². The van der Waals surface area contributed by atoms with E-state index in [-0.39, 0.29) is 19.6 Å². The minimum Gasteiger partial charge on any atom is -0.390 e. The van der Waals surface area contributed by atoms with Crippen molar-refractivity contribution >= 4 is 0 Å². The topological polar surface area (TPSA) is 149 Å². The highest BCUT2D eigenvalue weighted by Crippen LogP contribution is 2.29. The standard InChI is InChI=1S/C15H28O9/c1-6-10(16)14(20)13(19)9(24-6)5-23-8-3-7(4-22-2)11(17)15(21)12(8)18/h6-21H,3-5H2,1-2H3. The van der Waals surface area contributed by atoms with Crippen LogP contribution in [0.15, 0.2) is 0 Å². The fourth-order valence-corrected chi connectivity index (χ4v) is 3.32. The van der Waals surface area contributed by atoms with Crippen LogP contribution in [0, 0.1) is 5.92 Å². The second-order valence-electron chi connectivity index (χ2n) is 6.65. The van der Waals surface area contributed by atoms with E-state index in [1.807, 2.05) is 0 Å². The second-order valence-corrected chi connectivity index (χ2v) is 6.65. The van der Waals surface area contributed by atoms with E-state index < -0.39 is 60.9 Å². The molecule has 1 aliphatic carbocycles. The van der Waals surface area contributed by atoms with Crippen molar-refractivity contribution < 1.29 is 44.8 Å². The van der Waals surface area contributed by atoms with Gasteiger partial charge in [0, 0.05) is 13.0 Å². The van der Waals surface area contributed by atoms with E-state index in [1.165, 1.54) is 7.11 Å². The van der Waals surface area contributed by atoms with Crippen LogP contribution in [-0.2, 0) is 14.2 Å². The first kappa shape index (κ1) is 20.0. The molecule has 0 aromatic carbocycles. The highest BCUT2D eigenvalue weighted by molar-refractivity contribution is 4.94. The summed E-state index contributed by atoms with van der Waals surface area (Å²) in [5.74, 6) is -0.401. The van der Waals surface area contributed by atoms with Crippen molar-refractivity contribution in [1.29, 1.82) is 0 Å². The smallest absolute Gasteiger partial charge is 0.111 e. The van der Waals surface area contributed by atoms with Crippen LogP contribution in [0.4, 0.5) is 0 Å². The van der Waals surface area contributed by atoms with Crippen molar-refractivity contribution in [3.05, 3.63) is 0 Å². The molecule has 2 aliphatic rings. The fourth-order valence-electron chi connectivity index (χ4n) is 3.32. The quantitative estimate of drug-likeness (QED) is 0.304. The molecule has 1 heterocycles. The lowest BCUT2D eigenvalue weighted by Crippen LogP contribution is -2.59. The number of hydrogen-bond donors (Lipinski definition) is 6. The fraction of sp³-hybridized carbons (Fsp3) is 1.00. The van der Waals surface area contributed by atoms with E-state index in [0.717, 1.165) is 0 Å². The van der Waals surface area contributed by atoms with Crippen molar-refractivity contribution in [2.24, 2.45) is 5.92 Å². The maximum absolute atomic E-state index is 10.1. The summed E-state index contributed by atoms with van der Waals surface area (Å²) in [6, 6.07) is 0. The van der Waals surface area contributed by atoms with Gasteiger partial charge in [0.25, 0.3) is 0 Å². The highest BCUT2D eigenvalue weighted by atomic mass is 16.6. The normalized spacial score (nSPS) is 50.0. The third kappa shape index (κ3) is 4.06. The molecule has 0 aromatic heterocycles. The van der Waals surface area contributed by atoms with Crippen LogP contribution in [0.5, 0.6) is 0 Å². The number of rotatable bonds is 5. The minimum atomic E-state index is -1.37. The van der Waals surface area contributed by atoms with Crippen LogP contribution in [-0.4, -0.2) is 106 Å². The van der Waals surface area contributed by atoms with Crippen LogP contribution in [0.2, 0.25) is 0 Å². The lowest BCUT2D eigenvalue weighted by molar-refractivity contribution is -0.241. The number of aliphatic hydroxyl groups is 6. The van der Waals surface area contributed by atoms with Crippen LogP contribution < -0.4 is 0 Å². The SMILES string of the molecule is COCC1CC(OCC2OC(C)C(O)C(O)C2O)C(O)C(O)C1O. The molecule has 0 spiro atoms. The Balaban J connectivity index is 1.94. The lowest BCUT2D eigenvalue weighted by atomic mass is 9.81. The predicted octanol–water partition coefficient (Wildman–Crippen LogP) is -3.01. The molecule has 0 radical (unpaired) electrons. The van der Waals surface area contributed by atoms with E-state index in [1.54, 1.807) is 6.92 Å². The van der Waals surface area contributed by atoms with Crippen LogP contribution in [0.3, 0.4) is 0 Å². The van der Waals surface area contributed by atoms with Crippen molar-refractivity contribution in [2.75, 3.05) is 20.3 Å². The monoisotopic (exact) mass is 352 g/mol. The molecule has 10 unspecified atom stereocenters. The molecule has 24 heavy (non-hydrogen) atoms. The molecule has 2 rings (SSSR count). The molecule has 0 amide bonds. The molecule has 142 valence electrons. The van der Waals surface area contributed by atoms with E-state index in [4.69, 9.17) is 14.2 Å². The molecule has 10 atom stereocenters. The van der Waals surface area contributed by atoms with Gasteiger partial charge in [-0.15, -0.1) is 0 Å². The Morgan fingerprint density at radius 2 is 1.46 bits per heavy atom. The Bertz CT molecular complexity index is 395. The summed E-state index contributed by atoms with van der Waals surface area (Å²) >= 11 is 0. The summed E-state index contributed by atoms with van der Waals surface area (Å²) in [5.41, 5.74) is 0. The van der Waals surface area contributed by atoms with E-state index in [0.29, 0.717) is 0 Å². The average Bonchev–Trinajstić information content (AvgIpc) is 2.56. The van der Waals surface area contributed by atoms with Gasteiger partial charge in [0.05, 0.1) is 31.5 Å². The van der Waals surface area contributed by atoms with Gasteiger partial charge in [-0.05, 0) is 13.3 Å². The van der Waals surface area contributed by atoms with E-state index in [9.17, 15) is 30.6 Å². The maximum Gasteiger partial charge on any atom is 0.111 e. The van der Waals surface area contributed by atoms with Gasteiger partial charge < -0.3 is 44.8 Å². The van der Waals surface area contributed by atoms with Gasteiger partial charge in [-0.25, -0.2) is 0 Å². The second kappa shape index (κ2) is 8.35. The summed E-state index contributed by atoms with van der Waals surface area (Å²) in [6.45, 7) is 1.63. The maximum atomic E-state index is 10.1. The third-order valence-corrected chi connectivity index (χ3v) is 4.91. The Morgan fingerprint density at radius 3 is 2.08 bits per heavy atom. The summed E-state index contributed by atoms with van der Waals surface area (Å²) in [6.07, 6.45) is -9.73.